The molecule has 0 aliphatic carbocycles. The minimum absolute atomic E-state index is 1.59. The monoisotopic (exact) mass is 196 g/mol. The van der Waals surface area contributed by atoms with Crippen molar-refractivity contribution in [3.05, 3.63) is 0 Å². The van der Waals surface area contributed by atoms with Gasteiger partial charge in [0.05, 0.1) is 0 Å². The standard InChI is InChI=1S/C4H2F6O2/c5-3(6,7)2(12,1-11)4(8,9)10/h1,12H. The number of carbonyl (C=O) groups excluding carboxylic acids is 1. The van der Waals surface area contributed by atoms with Crippen LogP contribution in [0.3, 0.4) is 0 Å². The molecule has 0 spiro atoms. The van der Waals surface area contributed by atoms with E-state index in [1.165, 1.54) is 0 Å². The van der Waals surface area contributed by atoms with Gasteiger partial charge in [-0.15, -0.1) is 0 Å². The van der Waals surface area contributed by atoms with Crippen LogP contribution in [0.5, 0.6) is 0 Å². The summed E-state index contributed by atoms with van der Waals surface area (Å²) in [4.78, 5) is 9.43. The summed E-state index contributed by atoms with van der Waals surface area (Å²) in [5.41, 5.74) is -5.26. The fourth-order valence-corrected chi connectivity index (χ4v) is 0.294. The molecule has 0 saturated heterocycles. The van der Waals surface area contributed by atoms with E-state index in [9.17, 15) is 31.1 Å². The highest BCUT2D eigenvalue weighted by Crippen LogP contribution is 2.41. The SMILES string of the molecule is O=CC(O)(C(F)(F)F)C(F)(F)F. The van der Waals surface area contributed by atoms with Crippen LogP contribution in [-0.2, 0) is 4.79 Å². The van der Waals surface area contributed by atoms with E-state index in [4.69, 9.17) is 5.11 Å². The Kier molecular flexibility index (Phi) is 2.44. The van der Waals surface area contributed by atoms with Crippen molar-refractivity contribution in [2.45, 2.75) is 18.0 Å². The van der Waals surface area contributed by atoms with Crippen molar-refractivity contribution in [2.24, 2.45) is 0 Å². The van der Waals surface area contributed by atoms with Crippen molar-refractivity contribution >= 4 is 6.29 Å². The van der Waals surface area contributed by atoms with E-state index in [0.717, 1.165) is 0 Å². The van der Waals surface area contributed by atoms with E-state index < -0.39 is 24.2 Å². The van der Waals surface area contributed by atoms with Gasteiger partial charge in [-0.25, -0.2) is 0 Å². The summed E-state index contributed by atoms with van der Waals surface area (Å²) in [6.07, 6.45) is -13.7. The molecule has 0 amide bonds. The van der Waals surface area contributed by atoms with Crippen LogP contribution in [0.25, 0.3) is 0 Å². The first-order valence-electron chi connectivity index (χ1n) is 2.38. The zero-order chi connectivity index (χ0) is 10.2. The number of carbonyl (C=O) groups is 1. The van der Waals surface area contributed by atoms with Crippen molar-refractivity contribution in [1.82, 2.24) is 0 Å². The summed E-state index contributed by atoms with van der Waals surface area (Å²) >= 11 is 0. The second-order valence-electron chi connectivity index (χ2n) is 1.88. The van der Waals surface area contributed by atoms with Gasteiger partial charge in [-0.2, -0.15) is 26.3 Å². The Morgan fingerprint density at radius 1 is 0.917 bits per heavy atom. The molecule has 0 saturated carbocycles. The van der Waals surface area contributed by atoms with Crippen LogP contribution in [0.1, 0.15) is 0 Å². The van der Waals surface area contributed by atoms with E-state index >= 15 is 0 Å². The molecule has 12 heavy (non-hydrogen) atoms. The molecule has 0 aromatic carbocycles. The largest absolute Gasteiger partial charge is 0.433 e. The van der Waals surface area contributed by atoms with Crippen LogP contribution in [-0.4, -0.2) is 29.3 Å². The molecule has 0 rings (SSSR count). The van der Waals surface area contributed by atoms with Gasteiger partial charge in [-0.3, -0.25) is 4.79 Å². The van der Waals surface area contributed by atoms with Gasteiger partial charge in [0.1, 0.15) is 0 Å². The second-order valence-corrected chi connectivity index (χ2v) is 1.88. The van der Waals surface area contributed by atoms with Crippen LogP contribution < -0.4 is 0 Å². The van der Waals surface area contributed by atoms with Crippen molar-refractivity contribution < 1.29 is 36.2 Å². The summed E-state index contributed by atoms with van der Waals surface area (Å²) in [7, 11) is 0. The predicted octanol–water partition coefficient (Wildman–Crippen LogP) is 1.04. The summed E-state index contributed by atoms with van der Waals surface area (Å²) < 4.78 is 68.4. The Hall–Kier alpha value is -0.790. The summed E-state index contributed by atoms with van der Waals surface area (Å²) in [5.74, 6) is 0. The van der Waals surface area contributed by atoms with Gasteiger partial charge >= 0.3 is 18.0 Å². The molecule has 2 nitrogen and oxygen atoms in total. The Morgan fingerprint density at radius 3 is 1.17 bits per heavy atom. The molecule has 8 heteroatoms. The third kappa shape index (κ3) is 1.52. The molecule has 0 aromatic rings. The predicted molar refractivity (Wildman–Crippen MR) is 23.1 cm³/mol. The summed E-state index contributed by atoms with van der Waals surface area (Å²) in [6.45, 7) is 0. The van der Waals surface area contributed by atoms with Crippen LogP contribution in [0.2, 0.25) is 0 Å². The zero-order valence-corrected chi connectivity index (χ0v) is 5.20. The molecule has 0 heterocycles. The van der Waals surface area contributed by atoms with Gasteiger partial charge < -0.3 is 5.11 Å². The fourth-order valence-electron chi connectivity index (χ4n) is 0.294. The third-order valence-electron chi connectivity index (χ3n) is 1.03. The quantitative estimate of drug-likeness (QED) is 0.502. The molecule has 0 aromatic heterocycles. The molecule has 0 bridgehead atoms. The number of rotatable bonds is 1. The highest BCUT2D eigenvalue weighted by molar-refractivity contribution is 5.65. The number of alkyl halides is 6. The van der Waals surface area contributed by atoms with Gasteiger partial charge in [0, 0.05) is 0 Å². The maximum Gasteiger partial charge on any atom is 0.433 e. The van der Waals surface area contributed by atoms with Gasteiger partial charge in [-0.05, 0) is 0 Å². The Balaban J connectivity index is 5.09. The molecule has 0 radical (unpaired) electrons. The number of aliphatic hydroxyl groups is 1. The Labute approximate surface area is 61.8 Å². The number of halogens is 6. The zero-order valence-electron chi connectivity index (χ0n) is 5.20. The van der Waals surface area contributed by atoms with Crippen molar-refractivity contribution in [3.63, 3.8) is 0 Å². The number of hydrogen-bond donors (Lipinski definition) is 1. The normalized spacial score (nSPS) is 14.6. The molecule has 0 aliphatic rings. The number of hydrogen-bond acceptors (Lipinski definition) is 2. The Morgan fingerprint density at radius 2 is 1.17 bits per heavy atom. The van der Waals surface area contributed by atoms with E-state index in [1.54, 1.807) is 0 Å². The van der Waals surface area contributed by atoms with E-state index in [1.807, 2.05) is 0 Å². The molecule has 72 valence electrons. The molecule has 0 aliphatic heterocycles. The highest BCUT2D eigenvalue weighted by Gasteiger charge is 2.71. The first-order valence-corrected chi connectivity index (χ1v) is 2.38. The lowest BCUT2D eigenvalue weighted by molar-refractivity contribution is -0.345. The van der Waals surface area contributed by atoms with Crippen molar-refractivity contribution in [1.29, 1.82) is 0 Å². The van der Waals surface area contributed by atoms with Gasteiger partial charge in [0.15, 0.2) is 6.29 Å². The van der Waals surface area contributed by atoms with Crippen LogP contribution in [0.4, 0.5) is 26.3 Å². The van der Waals surface area contributed by atoms with Crippen LogP contribution in [0, 0.1) is 0 Å². The van der Waals surface area contributed by atoms with Crippen molar-refractivity contribution in [3.8, 4) is 0 Å². The lowest BCUT2D eigenvalue weighted by Crippen LogP contribution is -2.58. The summed E-state index contributed by atoms with van der Waals surface area (Å²) in [6, 6.07) is 0. The molecule has 0 atom stereocenters. The van der Waals surface area contributed by atoms with Gasteiger partial charge in [0.25, 0.3) is 0 Å². The smallest absolute Gasteiger partial charge is 0.367 e. The topological polar surface area (TPSA) is 37.3 Å². The average molecular weight is 196 g/mol. The molecule has 1 N–H and O–H groups in total. The molecular weight excluding hydrogens is 194 g/mol. The lowest BCUT2D eigenvalue weighted by Gasteiger charge is -2.26. The fraction of sp³-hybridized carbons (Fsp3) is 0.750. The van der Waals surface area contributed by atoms with Crippen LogP contribution >= 0.6 is 0 Å². The van der Waals surface area contributed by atoms with E-state index in [-0.39, 0.29) is 0 Å². The average Bonchev–Trinajstić information content (AvgIpc) is 1.81. The molecule has 0 unspecified atom stereocenters. The minimum Gasteiger partial charge on any atom is -0.367 e. The first-order chi connectivity index (χ1) is 5.06. The van der Waals surface area contributed by atoms with Gasteiger partial charge in [0.2, 0.25) is 0 Å². The summed E-state index contributed by atoms with van der Waals surface area (Å²) in [5, 5.41) is 7.88. The van der Waals surface area contributed by atoms with Crippen LogP contribution in [0.15, 0.2) is 0 Å². The van der Waals surface area contributed by atoms with Gasteiger partial charge in [-0.1, -0.05) is 0 Å². The van der Waals surface area contributed by atoms with E-state index in [0.29, 0.717) is 0 Å². The van der Waals surface area contributed by atoms with E-state index in [2.05, 4.69) is 0 Å². The maximum absolute atomic E-state index is 11.4. The highest BCUT2D eigenvalue weighted by atomic mass is 19.4. The Bertz CT molecular complexity index is 165. The number of aldehydes is 1. The maximum atomic E-state index is 11.4. The minimum atomic E-state index is -6.05. The van der Waals surface area contributed by atoms with Crippen molar-refractivity contribution in [2.75, 3.05) is 0 Å². The first kappa shape index (κ1) is 11.2. The molecular formula is C4H2F6O2. The molecule has 0 fully saturated rings. The third-order valence-corrected chi connectivity index (χ3v) is 1.03. The second kappa shape index (κ2) is 2.61. The lowest BCUT2D eigenvalue weighted by atomic mass is 10.1.